The van der Waals surface area contributed by atoms with Crippen molar-refractivity contribution in [3.63, 3.8) is 0 Å². The lowest BCUT2D eigenvalue weighted by Crippen LogP contribution is -2.30. The molecule has 1 atom stereocenters. The van der Waals surface area contributed by atoms with Gasteiger partial charge in [-0.15, -0.1) is 0 Å². The topological polar surface area (TPSA) is 78.9 Å². The molecule has 0 aliphatic rings. The molecule has 1 unspecified atom stereocenters. The van der Waals surface area contributed by atoms with Crippen molar-refractivity contribution < 1.29 is 28.6 Å². The molecule has 0 fully saturated rings. The Balaban J connectivity index is 4.04. The summed E-state index contributed by atoms with van der Waals surface area (Å²) in [5.41, 5.74) is 0. The van der Waals surface area contributed by atoms with E-state index in [4.69, 9.17) is 14.2 Å². The van der Waals surface area contributed by atoms with Crippen LogP contribution in [-0.2, 0) is 28.6 Å². The third kappa shape index (κ3) is 65.9. The molecule has 0 aliphatic carbocycles. The second kappa shape index (κ2) is 68.6. The van der Waals surface area contributed by atoms with Crippen LogP contribution in [-0.4, -0.2) is 37.2 Å². The smallest absolute Gasteiger partial charge is 0.306 e. The van der Waals surface area contributed by atoms with Gasteiger partial charge in [-0.05, 0) is 77.0 Å². The maximum atomic E-state index is 12.9. The average molecular weight is 1120 g/mol. The van der Waals surface area contributed by atoms with Gasteiger partial charge in [-0.25, -0.2) is 0 Å². The highest BCUT2D eigenvalue weighted by molar-refractivity contribution is 5.71. The van der Waals surface area contributed by atoms with Crippen LogP contribution in [0.5, 0.6) is 0 Å². The van der Waals surface area contributed by atoms with Gasteiger partial charge in [0.25, 0.3) is 0 Å². The van der Waals surface area contributed by atoms with E-state index in [0.717, 1.165) is 109 Å². The second-order valence-corrected chi connectivity index (χ2v) is 23.8. The maximum absolute atomic E-state index is 12.9. The molecule has 466 valence electrons. The maximum Gasteiger partial charge on any atom is 0.306 e. The van der Waals surface area contributed by atoms with E-state index in [1.165, 1.54) is 225 Å². The molecule has 0 bridgehead atoms. The minimum absolute atomic E-state index is 0.0868. The quantitative estimate of drug-likeness (QED) is 0.0261. The lowest BCUT2D eigenvalue weighted by atomic mass is 10.0. The summed E-state index contributed by atoms with van der Waals surface area (Å²) in [6, 6.07) is 0. The molecule has 80 heavy (non-hydrogen) atoms. The molecule has 0 rings (SSSR count). The van der Waals surface area contributed by atoms with Crippen molar-refractivity contribution in [1.29, 1.82) is 0 Å². The minimum Gasteiger partial charge on any atom is -0.462 e. The Morgan fingerprint density at radius 3 is 0.812 bits per heavy atom. The van der Waals surface area contributed by atoms with Crippen molar-refractivity contribution in [2.75, 3.05) is 13.2 Å². The standard InChI is InChI=1S/C74H134O6/c1-4-7-10-13-16-19-22-25-27-28-29-30-31-32-33-34-35-36-37-38-39-40-41-42-43-44-45-46-47-50-52-55-58-61-64-67-73(76)79-70-71(69-78-72(75)66-63-60-57-54-51-48-24-21-18-15-12-9-6-3)80-74(77)68-65-62-59-56-53-49-26-23-20-17-14-11-8-5-2/h9,12,14,17-18,21,23,26,48,51,71H,4-8,10-11,13,15-16,19-20,22,24-25,27-47,49-50,52-70H2,1-3H3/b12-9-,17-14-,21-18-,26-23-,51-48-. The molecule has 0 N–H and O–H groups in total. The molecule has 0 aliphatic heterocycles. The number of allylic oxidation sites excluding steroid dienone is 10. The number of hydrogen-bond acceptors (Lipinski definition) is 6. The van der Waals surface area contributed by atoms with Crippen molar-refractivity contribution in [3.8, 4) is 0 Å². The van der Waals surface area contributed by atoms with Crippen LogP contribution in [0.25, 0.3) is 0 Å². The van der Waals surface area contributed by atoms with E-state index < -0.39 is 6.10 Å². The van der Waals surface area contributed by atoms with Crippen LogP contribution in [0, 0.1) is 0 Å². The lowest BCUT2D eigenvalue weighted by Gasteiger charge is -2.18. The van der Waals surface area contributed by atoms with Crippen LogP contribution in [0.4, 0.5) is 0 Å². The zero-order valence-electron chi connectivity index (χ0n) is 53.6. The summed E-state index contributed by atoms with van der Waals surface area (Å²) in [6.45, 7) is 6.50. The fraction of sp³-hybridized carbons (Fsp3) is 0.824. The predicted molar refractivity (Wildman–Crippen MR) is 348 cm³/mol. The van der Waals surface area contributed by atoms with Crippen molar-refractivity contribution in [3.05, 3.63) is 60.8 Å². The van der Waals surface area contributed by atoms with Gasteiger partial charge >= 0.3 is 17.9 Å². The van der Waals surface area contributed by atoms with E-state index in [0.29, 0.717) is 19.3 Å². The van der Waals surface area contributed by atoms with Gasteiger partial charge in [-0.2, -0.15) is 0 Å². The predicted octanol–water partition coefficient (Wildman–Crippen LogP) is 24.3. The molecule has 0 spiro atoms. The summed E-state index contributed by atoms with van der Waals surface area (Å²) in [5.74, 6) is -0.915. The summed E-state index contributed by atoms with van der Waals surface area (Å²) < 4.78 is 16.9. The zero-order chi connectivity index (χ0) is 57.8. The van der Waals surface area contributed by atoms with E-state index in [1.807, 2.05) is 0 Å². The minimum atomic E-state index is -0.793. The van der Waals surface area contributed by atoms with Crippen LogP contribution in [0.15, 0.2) is 60.8 Å². The van der Waals surface area contributed by atoms with E-state index in [-0.39, 0.29) is 31.1 Å². The summed E-state index contributed by atoms with van der Waals surface area (Å²) in [4.78, 5) is 38.3. The molecule has 6 heteroatoms. The molecular formula is C74H134O6. The van der Waals surface area contributed by atoms with Gasteiger partial charge in [-0.1, -0.05) is 338 Å². The summed E-state index contributed by atoms with van der Waals surface area (Å²) in [5, 5.41) is 0. The van der Waals surface area contributed by atoms with Gasteiger partial charge in [-0.3, -0.25) is 14.4 Å². The zero-order valence-corrected chi connectivity index (χ0v) is 53.6. The molecule has 0 saturated heterocycles. The number of unbranched alkanes of at least 4 members (excludes halogenated alkanes) is 44. The van der Waals surface area contributed by atoms with Gasteiger partial charge in [0.15, 0.2) is 6.10 Å². The Morgan fingerprint density at radius 1 is 0.263 bits per heavy atom. The Labute approximate surface area is 498 Å². The lowest BCUT2D eigenvalue weighted by molar-refractivity contribution is -0.167. The van der Waals surface area contributed by atoms with Gasteiger partial charge < -0.3 is 14.2 Å². The summed E-state index contributed by atoms with van der Waals surface area (Å²) >= 11 is 0. The fourth-order valence-electron chi connectivity index (χ4n) is 10.5. The first kappa shape index (κ1) is 77.1. The van der Waals surface area contributed by atoms with Gasteiger partial charge in [0, 0.05) is 19.3 Å². The Morgan fingerprint density at radius 2 is 0.500 bits per heavy atom. The Bertz CT molecular complexity index is 1430. The SMILES string of the molecule is CC/C=C\C/C=C\C/C=C\CCCCCC(=O)OCC(COC(=O)CCCCCCCCCCCCCCCCCCCCCCCCCCCCCCCCCCCCC)OC(=O)CCCCCCC/C=C\C/C=C\CCCC. The number of carbonyl (C=O) groups is 3. The largest absolute Gasteiger partial charge is 0.462 e. The van der Waals surface area contributed by atoms with Crippen LogP contribution in [0.2, 0.25) is 0 Å². The average Bonchev–Trinajstić information content (AvgIpc) is 3.46. The van der Waals surface area contributed by atoms with Crippen LogP contribution in [0.3, 0.4) is 0 Å². The van der Waals surface area contributed by atoms with E-state index in [1.54, 1.807) is 0 Å². The van der Waals surface area contributed by atoms with Gasteiger partial charge in [0.05, 0.1) is 0 Å². The molecule has 0 radical (unpaired) electrons. The van der Waals surface area contributed by atoms with Crippen LogP contribution < -0.4 is 0 Å². The van der Waals surface area contributed by atoms with E-state index in [9.17, 15) is 14.4 Å². The highest BCUT2D eigenvalue weighted by Gasteiger charge is 2.19. The number of carbonyl (C=O) groups excluding carboxylic acids is 3. The normalized spacial score (nSPS) is 12.4. The first-order chi connectivity index (χ1) is 39.5. The molecule has 0 aromatic rings. The number of hydrogen-bond donors (Lipinski definition) is 0. The van der Waals surface area contributed by atoms with Crippen LogP contribution >= 0.6 is 0 Å². The molecule has 0 aromatic carbocycles. The second-order valence-electron chi connectivity index (χ2n) is 23.8. The first-order valence-corrected chi connectivity index (χ1v) is 35.3. The van der Waals surface area contributed by atoms with Gasteiger partial charge in [0.1, 0.15) is 13.2 Å². The van der Waals surface area contributed by atoms with Crippen molar-refractivity contribution >= 4 is 17.9 Å². The van der Waals surface area contributed by atoms with Crippen molar-refractivity contribution in [2.45, 2.75) is 380 Å². The van der Waals surface area contributed by atoms with Crippen LogP contribution in [0.1, 0.15) is 374 Å². The highest BCUT2D eigenvalue weighted by Crippen LogP contribution is 2.19. The van der Waals surface area contributed by atoms with E-state index >= 15 is 0 Å². The van der Waals surface area contributed by atoms with E-state index in [2.05, 4.69) is 81.5 Å². The Hall–Kier alpha value is -2.89. The number of esters is 3. The summed E-state index contributed by atoms with van der Waals surface area (Å²) in [7, 11) is 0. The molecule has 0 amide bonds. The Kier molecular flexibility index (Phi) is 66.1. The number of rotatable bonds is 65. The molecule has 0 heterocycles. The van der Waals surface area contributed by atoms with Crippen molar-refractivity contribution in [2.24, 2.45) is 0 Å². The van der Waals surface area contributed by atoms with Gasteiger partial charge in [0.2, 0.25) is 0 Å². The first-order valence-electron chi connectivity index (χ1n) is 35.3. The third-order valence-corrected chi connectivity index (χ3v) is 15.8. The molecule has 0 saturated carbocycles. The third-order valence-electron chi connectivity index (χ3n) is 15.8. The van der Waals surface area contributed by atoms with Crippen molar-refractivity contribution in [1.82, 2.24) is 0 Å². The molecule has 6 nitrogen and oxygen atoms in total. The fourth-order valence-corrected chi connectivity index (χ4v) is 10.5. The number of ether oxygens (including phenoxy) is 3. The monoisotopic (exact) mass is 1120 g/mol. The highest BCUT2D eigenvalue weighted by atomic mass is 16.6. The summed E-state index contributed by atoms with van der Waals surface area (Å²) in [6.07, 6.45) is 88.6. The molecular weight excluding hydrogens is 985 g/mol. The molecule has 0 aromatic heterocycles.